The molecule has 0 aliphatic carbocycles. The summed E-state index contributed by atoms with van der Waals surface area (Å²) in [6.07, 6.45) is 0. The lowest BCUT2D eigenvalue weighted by Crippen LogP contribution is -2.39. The molecule has 0 spiro atoms. The second kappa shape index (κ2) is 7.66. The van der Waals surface area contributed by atoms with Gasteiger partial charge in [0.1, 0.15) is 0 Å². The Hall–Kier alpha value is -0.860. The highest BCUT2D eigenvalue weighted by molar-refractivity contribution is 5.32. The summed E-state index contributed by atoms with van der Waals surface area (Å²) >= 11 is 0. The molecule has 1 aromatic carbocycles. The number of benzene rings is 1. The molecular formula is C17H29NO. The monoisotopic (exact) mass is 263 g/mol. The Morgan fingerprint density at radius 1 is 1.16 bits per heavy atom. The topological polar surface area (TPSA) is 21.3 Å². The molecule has 2 unspecified atom stereocenters. The van der Waals surface area contributed by atoms with Gasteiger partial charge in [-0.3, -0.25) is 0 Å². The Morgan fingerprint density at radius 3 is 2.42 bits per heavy atom. The first-order valence-corrected chi connectivity index (χ1v) is 7.36. The van der Waals surface area contributed by atoms with Crippen molar-refractivity contribution in [2.45, 2.75) is 53.6 Å². The molecule has 1 rings (SSSR count). The van der Waals surface area contributed by atoms with Gasteiger partial charge >= 0.3 is 0 Å². The Bertz CT molecular complexity index is 387. The van der Waals surface area contributed by atoms with Crippen molar-refractivity contribution in [3.8, 4) is 0 Å². The van der Waals surface area contributed by atoms with E-state index < -0.39 is 0 Å². The van der Waals surface area contributed by atoms with E-state index >= 15 is 0 Å². The van der Waals surface area contributed by atoms with E-state index in [4.69, 9.17) is 4.74 Å². The molecule has 0 heterocycles. The number of rotatable bonds is 7. The van der Waals surface area contributed by atoms with Gasteiger partial charge in [-0.05, 0) is 44.7 Å². The minimum atomic E-state index is 0.354. The van der Waals surface area contributed by atoms with Crippen LogP contribution in [0.15, 0.2) is 18.2 Å². The van der Waals surface area contributed by atoms with Crippen LogP contribution in [0, 0.1) is 19.8 Å². The zero-order chi connectivity index (χ0) is 14.4. The van der Waals surface area contributed by atoms with Crippen LogP contribution in [0.4, 0.5) is 0 Å². The quantitative estimate of drug-likeness (QED) is 0.802. The van der Waals surface area contributed by atoms with Crippen molar-refractivity contribution in [1.82, 2.24) is 5.32 Å². The summed E-state index contributed by atoms with van der Waals surface area (Å²) in [6.45, 7) is 14.7. The summed E-state index contributed by atoms with van der Waals surface area (Å²) < 4.78 is 5.59. The molecule has 0 saturated heterocycles. The van der Waals surface area contributed by atoms with Crippen molar-refractivity contribution < 1.29 is 4.74 Å². The van der Waals surface area contributed by atoms with Gasteiger partial charge < -0.3 is 10.1 Å². The van der Waals surface area contributed by atoms with Gasteiger partial charge in [0.2, 0.25) is 0 Å². The van der Waals surface area contributed by atoms with Gasteiger partial charge in [-0.1, -0.05) is 37.6 Å². The molecule has 1 N–H and O–H groups in total. The van der Waals surface area contributed by atoms with Crippen LogP contribution in [0.3, 0.4) is 0 Å². The van der Waals surface area contributed by atoms with Gasteiger partial charge in [-0.2, -0.15) is 0 Å². The molecule has 2 atom stereocenters. The van der Waals surface area contributed by atoms with Gasteiger partial charge in [0.15, 0.2) is 0 Å². The molecule has 0 amide bonds. The Labute approximate surface area is 118 Å². The van der Waals surface area contributed by atoms with Crippen LogP contribution in [-0.4, -0.2) is 19.3 Å². The van der Waals surface area contributed by atoms with E-state index in [1.807, 2.05) is 6.92 Å². The standard InChI is InChI=1S/C17H29NO/c1-7-19-11-17(12(2)3)18-15(6)16-10-13(4)8-9-14(16)5/h8-10,12,15,17-18H,7,11H2,1-6H3. The molecule has 0 saturated carbocycles. The maximum atomic E-state index is 5.59. The SMILES string of the molecule is CCOCC(NC(C)c1cc(C)ccc1C)C(C)C. The van der Waals surface area contributed by atoms with Gasteiger partial charge in [0.25, 0.3) is 0 Å². The van der Waals surface area contributed by atoms with Crippen LogP contribution in [0.1, 0.15) is 50.4 Å². The smallest absolute Gasteiger partial charge is 0.0622 e. The van der Waals surface area contributed by atoms with Crippen LogP contribution in [0.5, 0.6) is 0 Å². The average molecular weight is 263 g/mol. The van der Waals surface area contributed by atoms with E-state index in [0.717, 1.165) is 13.2 Å². The summed E-state index contributed by atoms with van der Waals surface area (Å²) in [7, 11) is 0. The van der Waals surface area contributed by atoms with Crippen molar-refractivity contribution in [3.05, 3.63) is 34.9 Å². The fraction of sp³-hybridized carbons (Fsp3) is 0.647. The van der Waals surface area contributed by atoms with E-state index in [9.17, 15) is 0 Å². The molecule has 0 aromatic heterocycles. The molecular weight excluding hydrogens is 234 g/mol. The largest absolute Gasteiger partial charge is 0.380 e. The van der Waals surface area contributed by atoms with E-state index in [2.05, 4.69) is 58.1 Å². The van der Waals surface area contributed by atoms with E-state index in [0.29, 0.717) is 18.0 Å². The van der Waals surface area contributed by atoms with Crippen molar-refractivity contribution in [2.24, 2.45) is 5.92 Å². The lowest BCUT2D eigenvalue weighted by molar-refractivity contribution is 0.104. The number of ether oxygens (including phenoxy) is 1. The molecule has 0 radical (unpaired) electrons. The predicted octanol–water partition coefficient (Wildman–Crippen LogP) is 4.02. The minimum Gasteiger partial charge on any atom is -0.380 e. The molecule has 0 aliphatic rings. The van der Waals surface area contributed by atoms with Crippen molar-refractivity contribution >= 4 is 0 Å². The van der Waals surface area contributed by atoms with Crippen molar-refractivity contribution in [3.63, 3.8) is 0 Å². The van der Waals surface area contributed by atoms with Gasteiger partial charge in [0.05, 0.1) is 6.61 Å². The fourth-order valence-electron chi connectivity index (χ4n) is 2.32. The number of aryl methyl sites for hydroxylation is 2. The van der Waals surface area contributed by atoms with Crippen molar-refractivity contribution in [2.75, 3.05) is 13.2 Å². The first-order valence-electron chi connectivity index (χ1n) is 7.36. The Kier molecular flexibility index (Phi) is 6.53. The van der Waals surface area contributed by atoms with E-state index in [1.54, 1.807) is 0 Å². The molecule has 0 fully saturated rings. The van der Waals surface area contributed by atoms with Crippen LogP contribution in [0.25, 0.3) is 0 Å². The van der Waals surface area contributed by atoms with Gasteiger partial charge in [-0.25, -0.2) is 0 Å². The van der Waals surface area contributed by atoms with E-state index in [1.165, 1.54) is 16.7 Å². The normalized spacial score (nSPS) is 14.7. The highest BCUT2D eigenvalue weighted by Gasteiger charge is 2.17. The third kappa shape index (κ3) is 4.96. The highest BCUT2D eigenvalue weighted by atomic mass is 16.5. The lowest BCUT2D eigenvalue weighted by atomic mass is 9.97. The van der Waals surface area contributed by atoms with Crippen LogP contribution >= 0.6 is 0 Å². The first kappa shape index (κ1) is 16.2. The molecule has 19 heavy (non-hydrogen) atoms. The summed E-state index contributed by atoms with van der Waals surface area (Å²) in [5.74, 6) is 0.569. The second-order valence-corrected chi connectivity index (χ2v) is 5.76. The number of nitrogens with one attached hydrogen (secondary N) is 1. The Morgan fingerprint density at radius 2 is 1.84 bits per heavy atom. The summed E-state index contributed by atoms with van der Waals surface area (Å²) in [5, 5.41) is 3.71. The minimum absolute atomic E-state index is 0.354. The number of hydrogen-bond acceptors (Lipinski definition) is 2. The van der Waals surface area contributed by atoms with E-state index in [-0.39, 0.29) is 0 Å². The number of hydrogen-bond donors (Lipinski definition) is 1. The third-order valence-corrected chi connectivity index (χ3v) is 3.67. The summed E-state index contributed by atoms with van der Waals surface area (Å²) in [6, 6.07) is 7.41. The van der Waals surface area contributed by atoms with Gasteiger partial charge in [-0.15, -0.1) is 0 Å². The fourth-order valence-corrected chi connectivity index (χ4v) is 2.32. The molecule has 2 heteroatoms. The third-order valence-electron chi connectivity index (χ3n) is 3.67. The summed E-state index contributed by atoms with van der Waals surface area (Å²) in [4.78, 5) is 0. The first-order chi connectivity index (χ1) is 8.95. The predicted molar refractivity (Wildman–Crippen MR) is 82.6 cm³/mol. The molecule has 0 bridgehead atoms. The molecule has 2 nitrogen and oxygen atoms in total. The van der Waals surface area contributed by atoms with Crippen LogP contribution in [-0.2, 0) is 4.74 Å². The molecule has 108 valence electrons. The summed E-state index contributed by atoms with van der Waals surface area (Å²) in [5.41, 5.74) is 4.06. The van der Waals surface area contributed by atoms with Crippen molar-refractivity contribution in [1.29, 1.82) is 0 Å². The zero-order valence-electron chi connectivity index (χ0n) is 13.3. The van der Waals surface area contributed by atoms with Crippen LogP contribution < -0.4 is 5.32 Å². The lowest BCUT2D eigenvalue weighted by Gasteiger charge is -2.27. The second-order valence-electron chi connectivity index (χ2n) is 5.76. The van der Waals surface area contributed by atoms with Crippen LogP contribution in [0.2, 0.25) is 0 Å². The maximum Gasteiger partial charge on any atom is 0.0622 e. The highest BCUT2D eigenvalue weighted by Crippen LogP contribution is 2.20. The Balaban J connectivity index is 2.75. The maximum absolute atomic E-state index is 5.59. The average Bonchev–Trinajstić information content (AvgIpc) is 2.36. The zero-order valence-corrected chi connectivity index (χ0v) is 13.3. The van der Waals surface area contributed by atoms with Gasteiger partial charge in [0, 0.05) is 18.7 Å². The molecule has 1 aromatic rings. The molecule has 0 aliphatic heterocycles.